The van der Waals surface area contributed by atoms with Gasteiger partial charge in [0.05, 0.1) is 11.9 Å². The second-order valence-corrected chi connectivity index (χ2v) is 5.07. The fourth-order valence-corrected chi connectivity index (χ4v) is 2.35. The molecule has 2 rings (SSSR count). The number of pyridine rings is 1. The van der Waals surface area contributed by atoms with Crippen molar-refractivity contribution in [1.82, 2.24) is 10.3 Å². The molecule has 0 aliphatic carbocycles. The zero-order chi connectivity index (χ0) is 15.8. The van der Waals surface area contributed by atoms with Gasteiger partial charge in [0, 0.05) is 19.6 Å². The average Bonchev–Trinajstić information content (AvgIpc) is 2.57. The molecule has 0 spiro atoms. The number of rotatable bonds is 7. The Bertz CT molecular complexity index is 577. The van der Waals surface area contributed by atoms with Crippen molar-refractivity contribution in [2.24, 2.45) is 0 Å². The summed E-state index contributed by atoms with van der Waals surface area (Å²) in [5.41, 5.74) is 2.72. The van der Waals surface area contributed by atoms with Crippen LogP contribution in [0.3, 0.4) is 0 Å². The number of benzene rings is 1. The second-order valence-electron chi connectivity index (χ2n) is 5.07. The third-order valence-corrected chi connectivity index (χ3v) is 3.65. The van der Waals surface area contributed by atoms with Crippen molar-refractivity contribution in [2.45, 2.75) is 20.3 Å². The smallest absolute Gasteiger partial charge is 0.269 e. The summed E-state index contributed by atoms with van der Waals surface area (Å²) in [4.78, 5) is 18.5. The Balaban J connectivity index is 1.87. The molecule has 4 heteroatoms. The fraction of sp³-hybridized carbons (Fsp3) is 0.333. The monoisotopic (exact) mass is 297 g/mol. The molecule has 1 aromatic heterocycles. The van der Waals surface area contributed by atoms with E-state index in [1.165, 1.54) is 5.56 Å². The first-order valence-electron chi connectivity index (χ1n) is 7.77. The second kappa shape index (κ2) is 8.17. The molecule has 0 atom stereocenters. The first kappa shape index (κ1) is 16.0. The van der Waals surface area contributed by atoms with Crippen molar-refractivity contribution in [3.63, 3.8) is 0 Å². The number of nitrogens with zero attached hydrogens (tertiary/aromatic N) is 2. The molecule has 0 saturated heterocycles. The first-order chi connectivity index (χ1) is 10.7. The van der Waals surface area contributed by atoms with Crippen LogP contribution in [0, 0.1) is 0 Å². The maximum atomic E-state index is 12.1. The minimum atomic E-state index is -0.123. The molecule has 0 radical (unpaired) electrons. The molecule has 2 aromatic rings. The van der Waals surface area contributed by atoms with E-state index >= 15 is 0 Å². The highest BCUT2D eigenvalue weighted by Crippen LogP contribution is 2.12. The van der Waals surface area contributed by atoms with Crippen LogP contribution in [0.4, 0.5) is 5.69 Å². The van der Waals surface area contributed by atoms with Crippen LogP contribution in [0.2, 0.25) is 0 Å². The van der Waals surface area contributed by atoms with Crippen molar-refractivity contribution in [1.29, 1.82) is 0 Å². The van der Waals surface area contributed by atoms with Gasteiger partial charge in [-0.05, 0) is 38.0 Å². The molecule has 0 fully saturated rings. The lowest BCUT2D eigenvalue weighted by molar-refractivity contribution is 0.0949. The lowest BCUT2D eigenvalue weighted by Gasteiger charge is -2.20. The predicted octanol–water partition coefficient (Wildman–Crippen LogP) is 2.90. The Kier molecular flexibility index (Phi) is 5.95. The molecule has 116 valence electrons. The Hall–Kier alpha value is -2.36. The zero-order valence-corrected chi connectivity index (χ0v) is 13.2. The summed E-state index contributed by atoms with van der Waals surface area (Å²) in [5, 5.41) is 2.91. The molecular formula is C18H23N3O. The summed E-state index contributed by atoms with van der Waals surface area (Å²) in [6, 6.07) is 13.9. The molecule has 1 heterocycles. The van der Waals surface area contributed by atoms with E-state index in [0.29, 0.717) is 12.2 Å². The van der Waals surface area contributed by atoms with E-state index < -0.39 is 0 Å². The van der Waals surface area contributed by atoms with Crippen molar-refractivity contribution in [2.75, 3.05) is 24.5 Å². The van der Waals surface area contributed by atoms with Gasteiger partial charge in [0.15, 0.2) is 0 Å². The third kappa shape index (κ3) is 4.32. The van der Waals surface area contributed by atoms with Crippen molar-refractivity contribution in [3.8, 4) is 0 Å². The van der Waals surface area contributed by atoms with Gasteiger partial charge in [0.1, 0.15) is 5.69 Å². The number of carbonyl (C=O) groups excluding carboxylic acids is 1. The van der Waals surface area contributed by atoms with Gasteiger partial charge in [0.25, 0.3) is 5.91 Å². The minimum absolute atomic E-state index is 0.123. The standard InChI is InChI=1S/C18H23N3O/c1-3-21(4-2)16-10-11-17(20-14-16)18(22)19-13-12-15-8-6-5-7-9-15/h5-11,14H,3-4,12-13H2,1-2H3,(H,19,22). The van der Waals surface area contributed by atoms with E-state index in [9.17, 15) is 4.79 Å². The molecule has 1 N–H and O–H groups in total. The van der Waals surface area contributed by atoms with E-state index in [1.807, 2.05) is 24.3 Å². The first-order valence-corrected chi connectivity index (χ1v) is 7.77. The SMILES string of the molecule is CCN(CC)c1ccc(C(=O)NCCc2ccccc2)nc1. The normalized spacial score (nSPS) is 10.3. The number of hydrogen-bond acceptors (Lipinski definition) is 3. The van der Waals surface area contributed by atoms with Crippen LogP contribution in [0.15, 0.2) is 48.7 Å². The maximum absolute atomic E-state index is 12.1. The number of nitrogens with one attached hydrogen (secondary N) is 1. The molecular weight excluding hydrogens is 274 g/mol. The molecule has 22 heavy (non-hydrogen) atoms. The van der Waals surface area contributed by atoms with E-state index in [-0.39, 0.29) is 5.91 Å². The summed E-state index contributed by atoms with van der Waals surface area (Å²) >= 11 is 0. The quantitative estimate of drug-likeness (QED) is 0.854. The van der Waals surface area contributed by atoms with E-state index in [2.05, 4.69) is 41.2 Å². The van der Waals surface area contributed by atoms with Crippen LogP contribution in [0.5, 0.6) is 0 Å². The summed E-state index contributed by atoms with van der Waals surface area (Å²) in [5.74, 6) is -0.123. The lowest BCUT2D eigenvalue weighted by atomic mass is 10.1. The summed E-state index contributed by atoms with van der Waals surface area (Å²) < 4.78 is 0. The van der Waals surface area contributed by atoms with Crippen molar-refractivity contribution in [3.05, 3.63) is 59.9 Å². The molecule has 1 aromatic carbocycles. The van der Waals surface area contributed by atoms with Crippen LogP contribution in [0.1, 0.15) is 29.9 Å². The average molecular weight is 297 g/mol. The number of aromatic nitrogens is 1. The van der Waals surface area contributed by atoms with Gasteiger partial charge < -0.3 is 10.2 Å². The van der Waals surface area contributed by atoms with Gasteiger partial charge in [-0.2, -0.15) is 0 Å². The molecule has 0 unspecified atom stereocenters. The number of anilines is 1. The molecule has 4 nitrogen and oxygen atoms in total. The number of carbonyl (C=O) groups is 1. The van der Waals surface area contributed by atoms with Gasteiger partial charge in [-0.3, -0.25) is 4.79 Å². The molecule has 0 saturated carbocycles. The van der Waals surface area contributed by atoms with Crippen molar-refractivity contribution >= 4 is 11.6 Å². The Morgan fingerprint density at radius 2 is 1.82 bits per heavy atom. The van der Waals surface area contributed by atoms with Crippen LogP contribution in [-0.4, -0.2) is 30.5 Å². The van der Waals surface area contributed by atoms with Crippen LogP contribution in [0.25, 0.3) is 0 Å². The maximum Gasteiger partial charge on any atom is 0.269 e. The van der Waals surface area contributed by atoms with Gasteiger partial charge in [-0.1, -0.05) is 30.3 Å². The molecule has 0 aliphatic rings. The number of hydrogen-bond donors (Lipinski definition) is 1. The van der Waals surface area contributed by atoms with E-state index in [4.69, 9.17) is 0 Å². The topological polar surface area (TPSA) is 45.2 Å². The van der Waals surface area contributed by atoms with Gasteiger partial charge in [0.2, 0.25) is 0 Å². The Morgan fingerprint density at radius 1 is 1.09 bits per heavy atom. The van der Waals surface area contributed by atoms with E-state index in [0.717, 1.165) is 25.2 Å². The van der Waals surface area contributed by atoms with Gasteiger partial charge in [-0.15, -0.1) is 0 Å². The largest absolute Gasteiger partial charge is 0.371 e. The highest BCUT2D eigenvalue weighted by molar-refractivity contribution is 5.92. The zero-order valence-electron chi connectivity index (χ0n) is 13.2. The summed E-state index contributed by atoms with van der Waals surface area (Å²) in [7, 11) is 0. The Labute approximate surface area is 132 Å². The molecule has 0 bridgehead atoms. The van der Waals surface area contributed by atoms with Crippen molar-refractivity contribution < 1.29 is 4.79 Å². The molecule has 0 aliphatic heterocycles. The highest BCUT2D eigenvalue weighted by Gasteiger charge is 2.08. The van der Waals surface area contributed by atoms with Crippen LogP contribution in [-0.2, 0) is 6.42 Å². The Morgan fingerprint density at radius 3 is 2.41 bits per heavy atom. The lowest BCUT2D eigenvalue weighted by Crippen LogP contribution is -2.27. The van der Waals surface area contributed by atoms with Gasteiger partial charge >= 0.3 is 0 Å². The van der Waals surface area contributed by atoms with Gasteiger partial charge in [-0.25, -0.2) is 4.98 Å². The molecule has 1 amide bonds. The summed E-state index contributed by atoms with van der Waals surface area (Å²) in [6.45, 7) is 6.69. The van der Waals surface area contributed by atoms with E-state index in [1.54, 1.807) is 12.3 Å². The third-order valence-electron chi connectivity index (χ3n) is 3.65. The highest BCUT2D eigenvalue weighted by atomic mass is 16.1. The minimum Gasteiger partial charge on any atom is -0.371 e. The predicted molar refractivity (Wildman–Crippen MR) is 90.3 cm³/mol. The summed E-state index contributed by atoms with van der Waals surface area (Å²) in [6.07, 6.45) is 2.59. The van der Waals surface area contributed by atoms with Crippen LogP contribution < -0.4 is 10.2 Å². The fourth-order valence-electron chi connectivity index (χ4n) is 2.35. The van der Waals surface area contributed by atoms with Crippen LogP contribution >= 0.6 is 0 Å². The number of amides is 1.